The van der Waals surface area contributed by atoms with E-state index < -0.39 is 30.6 Å². The number of rotatable bonds is 3. The molecule has 172 valence electrons. The van der Waals surface area contributed by atoms with Gasteiger partial charge >= 0.3 is 11.8 Å². The molecule has 2 aromatic rings. The maximum Gasteiger partial charge on any atom is 0.313 e. The van der Waals surface area contributed by atoms with Gasteiger partial charge in [-0.25, -0.2) is 4.52 Å². The second-order valence-electron chi connectivity index (χ2n) is 8.39. The Bertz CT molecular complexity index is 952. The van der Waals surface area contributed by atoms with E-state index in [1.165, 1.54) is 12.5 Å². The molecule has 0 spiro atoms. The summed E-state index contributed by atoms with van der Waals surface area (Å²) in [5.41, 5.74) is 3.99. The number of ketones is 1. The van der Waals surface area contributed by atoms with E-state index in [2.05, 4.69) is 31.9 Å². The maximum absolute atomic E-state index is 12.6. The van der Waals surface area contributed by atoms with Gasteiger partial charge in [0, 0.05) is 36.9 Å². The Labute approximate surface area is 181 Å². The first-order chi connectivity index (χ1) is 14.2. The fraction of sp³-hybridized carbons (Fsp3) is 0.609. The number of fused-ring (bicyclic) bond motifs is 1. The van der Waals surface area contributed by atoms with Crippen LogP contribution in [0.4, 0.5) is 17.6 Å². The number of aryl methyl sites for hydroxylation is 1. The van der Waals surface area contributed by atoms with Gasteiger partial charge in [-0.2, -0.15) is 27.9 Å². The topological polar surface area (TPSA) is 58.2 Å². The van der Waals surface area contributed by atoms with E-state index in [-0.39, 0.29) is 17.6 Å². The number of Topliss-reactive ketones (excluding diaryl/α,β-unsaturated/α-hetero) is 1. The van der Waals surface area contributed by atoms with Gasteiger partial charge < -0.3 is 0 Å². The third-order valence-electron chi connectivity index (χ3n) is 5.06. The van der Waals surface area contributed by atoms with Crippen LogP contribution < -0.4 is 0 Å². The minimum Gasteiger partial charge on any atom is -0.300 e. The SMILES string of the molecule is CC.CCC(=O)CC1CC(F)(F)C1(F)F.Cc1nn2ccc(C#N)cc2c1C(C)(C)C. The molecule has 0 amide bonds. The Morgan fingerprint density at radius 1 is 1.29 bits per heavy atom. The van der Waals surface area contributed by atoms with Crippen molar-refractivity contribution in [1.82, 2.24) is 9.61 Å². The number of pyridine rings is 1. The number of carbonyl (C=O) groups excluding carboxylic acids is 1. The molecule has 1 aliphatic rings. The van der Waals surface area contributed by atoms with Crippen molar-refractivity contribution in [3.05, 3.63) is 35.2 Å². The summed E-state index contributed by atoms with van der Waals surface area (Å²) < 4.78 is 51.5. The largest absolute Gasteiger partial charge is 0.313 e. The molecule has 8 heteroatoms. The number of hydrogen-bond acceptors (Lipinski definition) is 3. The number of hydrogen-bond donors (Lipinski definition) is 0. The molecular formula is C23H31F4N3O. The lowest BCUT2D eigenvalue weighted by Crippen LogP contribution is -2.59. The van der Waals surface area contributed by atoms with Gasteiger partial charge in [0.1, 0.15) is 5.78 Å². The molecule has 0 aliphatic heterocycles. The minimum atomic E-state index is -3.99. The van der Waals surface area contributed by atoms with Gasteiger partial charge in [0.2, 0.25) is 0 Å². The zero-order valence-electron chi connectivity index (χ0n) is 19.2. The van der Waals surface area contributed by atoms with E-state index in [1.807, 2.05) is 37.5 Å². The quantitative estimate of drug-likeness (QED) is 0.512. The summed E-state index contributed by atoms with van der Waals surface area (Å²) in [7, 11) is 0. The Morgan fingerprint density at radius 3 is 2.29 bits per heavy atom. The molecule has 1 saturated carbocycles. The standard InChI is InChI=1S/C13H15N3.C8H10F4O.C2H6/c1-9-12(13(2,3)4)11-7-10(8-14)5-6-16(11)15-9;1-2-6(13)3-5-4-7(9,10)8(5,11)12;1-2/h5-7H,1-4H3;5H,2-4H2,1H3;1-2H3. The molecule has 0 saturated heterocycles. The number of nitriles is 1. The molecule has 3 rings (SSSR count). The molecule has 0 bridgehead atoms. The molecule has 1 unspecified atom stereocenters. The lowest BCUT2D eigenvalue weighted by molar-refractivity contribution is -0.313. The van der Waals surface area contributed by atoms with Crippen LogP contribution in [0.15, 0.2) is 18.3 Å². The highest BCUT2D eigenvalue weighted by molar-refractivity contribution is 5.78. The van der Waals surface area contributed by atoms with Crippen molar-refractivity contribution in [1.29, 1.82) is 5.26 Å². The monoisotopic (exact) mass is 441 g/mol. The van der Waals surface area contributed by atoms with Crippen molar-refractivity contribution in [2.75, 3.05) is 0 Å². The first kappa shape index (κ1) is 26.6. The zero-order valence-corrected chi connectivity index (χ0v) is 19.2. The molecule has 2 aromatic heterocycles. The number of nitrogens with zero attached hydrogens (tertiary/aromatic N) is 3. The van der Waals surface area contributed by atoms with Crippen molar-refractivity contribution < 1.29 is 22.4 Å². The van der Waals surface area contributed by atoms with E-state index in [9.17, 15) is 22.4 Å². The molecule has 1 aliphatic carbocycles. The van der Waals surface area contributed by atoms with E-state index >= 15 is 0 Å². The van der Waals surface area contributed by atoms with Crippen molar-refractivity contribution in [3.8, 4) is 6.07 Å². The Hall–Kier alpha value is -2.43. The van der Waals surface area contributed by atoms with Crippen molar-refractivity contribution in [2.24, 2.45) is 5.92 Å². The van der Waals surface area contributed by atoms with Gasteiger partial charge in [0.15, 0.2) is 0 Å². The highest BCUT2D eigenvalue weighted by Gasteiger charge is 2.71. The Morgan fingerprint density at radius 2 is 1.87 bits per heavy atom. The second kappa shape index (κ2) is 9.80. The first-order valence-electron chi connectivity index (χ1n) is 10.4. The van der Waals surface area contributed by atoms with Crippen LogP contribution in [-0.4, -0.2) is 27.2 Å². The number of carbonyl (C=O) groups is 1. The van der Waals surface area contributed by atoms with Gasteiger partial charge in [0.25, 0.3) is 0 Å². The smallest absolute Gasteiger partial charge is 0.300 e. The molecule has 1 atom stereocenters. The Balaban J connectivity index is 0.000000293. The number of aromatic nitrogens is 2. The van der Waals surface area contributed by atoms with E-state index in [4.69, 9.17) is 5.26 Å². The summed E-state index contributed by atoms with van der Waals surface area (Å²) in [6, 6.07) is 5.85. The molecule has 0 N–H and O–H groups in total. The molecular weight excluding hydrogens is 410 g/mol. The van der Waals surface area contributed by atoms with E-state index in [0.717, 1.165) is 11.2 Å². The zero-order chi connectivity index (χ0) is 24.2. The summed E-state index contributed by atoms with van der Waals surface area (Å²) in [5, 5.41) is 13.4. The van der Waals surface area contributed by atoms with Crippen LogP contribution in [0.1, 0.15) is 77.6 Å². The van der Waals surface area contributed by atoms with Crippen LogP contribution in [0.25, 0.3) is 5.52 Å². The van der Waals surface area contributed by atoms with Gasteiger partial charge in [-0.3, -0.25) is 4.79 Å². The summed E-state index contributed by atoms with van der Waals surface area (Å²) in [6.07, 6.45) is 0.666. The van der Waals surface area contributed by atoms with Crippen molar-refractivity contribution in [3.63, 3.8) is 0 Å². The van der Waals surface area contributed by atoms with Gasteiger partial charge in [-0.05, 0) is 24.5 Å². The number of alkyl halides is 4. The highest BCUT2D eigenvalue weighted by Crippen LogP contribution is 2.56. The lowest BCUT2D eigenvalue weighted by atomic mass is 9.74. The van der Waals surface area contributed by atoms with Gasteiger partial charge in [-0.15, -0.1) is 0 Å². The fourth-order valence-electron chi connectivity index (χ4n) is 3.52. The van der Waals surface area contributed by atoms with Crippen LogP contribution in [0, 0.1) is 24.2 Å². The van der Waals surface area contributed by atoms with Crippen LogP contribution in [0.5, 0.6) is 0 Å². The Kier molecular flexibility index (Phi) is 8.41. The third kappa shape index (κ3) is 5.63. The normalized spacial score (nSPS) is 18.6. The van der Waals surface area contributed by atoms with Crippen molar-refractivity contribution in [2.45, 2.75) is 85.0 Å². The third-order valence-corrected chi connectivity index (χ3v) is 5.06. The van der Waals surface area contributed by atoms with Crippen LogP contribution in [0.2, 0.25) is 0 Å². The summed E-state index contributed by atoms with van der Waals surface area (Å²) >= 11 is 0. The van der Waals surface area contributed by atoms with Crippen molar-refractivity contribution >= 4 is 11.3 Å². The fourth-order valence-corrected chi connectivity index (χ4v) is 3.52. The van der Waals surface area contributed by atoms with Gasteiger partial charge in [-0.1, -0.05) is 41.5 Å². The summed E-state index contributed by atoms with van der Waals surface area (Å²) in [5.74, 6) is -9.75. The van der Waals surface area contributed by atoms with Crippen LogP contribution in [-0.2, 0) is 10.2 Å². The van der Waals surface area contributed by atoms with E-state index in [1.54, 1.807) is 6.07 Å². The molecule has 4 nitrogen and oxygen atoms in total. The molecule has 2 heterocycles. The summed E-state index contributed by atoms with van der Waals surface area (Å²) in [6.45, 7) is 14.0. The predicted molar refractivity (Wildman–Crippen MR) is 113 cm³/mol. The second-order valence-corrected chi connectivity index (χ2v) is 8.39. The first-order valence-corrected chi connectivity index (χ1v) is 10.4. The maximum atomic E-state index is 12.6. The average Bonchev–Trinajstić information content (AvgIpc) is 3.04. The average molecular weight is 442 g/mol. The molecule has 31 heavy (non-hydrogen) atoms. The highest BCUT2D eigenvalue weighted by atomic mass is 19.3. The van der Waals surface area contributed by atoms with E-state index in [0.29, 0.717) is 5.56 Å². The number of halogens is 4. The lowest BCUT2D eigenvalue weighted by Gasteiger charge is -2.43. The minimum absolute atomic E-state index is 0.0416. The summed E-state index contributed by atoms with van der Waals surface area (Å²) in [4.78, 5) is 10.7. The van der Waals surface area contributed by atoms with Crippen LogP contribution in [0.3, 0.4) is 0 Å². The molecule has 0 aromatic carbocycles. The van der Waals surface area contributed by atoms with Crippen LogP contribution >= 0.6 is 0 Å². The molecule has 0 radical (unpaired) electrons. The van der Waals surface area contributed by atoms with Gasteiger partial charge in [0.05, 0.1) is 22.8 Å². The predicted octanol–water partition coefficient (Wildman–Crippen LogP) is 6.48. The molecule has 1 fully saturated rings.